The van der Waals surface area contributed by atoms with Gasteiger partial charge in [-0.25, -0.2) is 0 Å². The van der Waals surface area contributed by atoms with E-state index in [9.17, 15) is 5.11 Å². The van der Waals surface area contributed by atoms with Crippen LogP contribution in [-0.2, 0) is 6.54 Å². The van der Waals surface area contributed by atoms with Crippen molar-refractivity contribution in [3.8, 4) is 0 Å². The van der Waals surface area contributed by atoms with Gasteiger partial charge in [0.2, 0.25) is 0 Å². The molecule has 19 heavy (non-hydrogen) atoms. The molecule has 2 nitrogen and oxygen atoms in total. The Labute approximate surface area is 117 Å². The molecule has 2 heteroatoms. The third-order valence-electron chi connectivity index (χ3n) is 4.82. The van der Waals surface area contributed by atoms with Gasteiger partial charge in [-0.15, -0.1) is 0 Å². The number of hydrogen-bond acceptors (Lipinski definition) is 2. The zero-order valence-corrected chi connectivity index (χ0v) is 12.6. The summed E-state index contributed by atoms with van der Waals surface area (Å²) in [6.07, 6.45) is 0. The largest absolute Gasteiger partial charge is 0.389 e. The highest BCUT2D eigenvalue weighted by Crippen LogP contribution is 2.38. The minimum absolute atomic E-state index is 0.316. The first-order chi connectivity index (χ1) is 8.94. The van der Waals surface area contributed by atoms with Gasteiger partial charge in [0.25, 0.3) is 0 Å². The second-order valence-corrected chi connectivity index (χ2v) is 6.52. The molecule has 1 heterocycles. The van der Waals surface area contributed by atoms with E-state index in [0.29, 0.717) is 17.8 Å². The van der Waals surface area contributed by atoms with Crippen LogP contribution in [0, 0.1) is 17.8 Å². The lowest BCUT2D eigenvalue weighted by Gasteiger charge is -2.50. The molecule has 1 aliphatic heterocycles. The molecule has 0 aliphatic carbocycles. The maximum Gasteiger partial charge on any atom is 0.0745 e. The molecule has 0 unspecified atom stereocenters. The van der Waals surface area contributed by atoms with E-state index in [1.54, 1.807) is 0 Å². The lowest BCUT2D eigenvalue weighted by atomic mass is 9.68. The van der Waals surface area contributed by atoms with Crippen LogP contribution in [0.5, 0.6) is 0 Å². The SMILES string of the molecule is CC(C)[C@]1(O)[C@H](C)CN(Cc2ccccc2)C[C@@H]1C. The van der Waals surface area contributed by atoms with Crippen molar-refractivity contribution in [1.29, 1.82) is 0 Å². The number of benzene rings is 1. The van der Waals surface area contributed by atoms with Crippen LogP contribution in [-0.4, -0.2) is 28.7 Å². The van der Waals surface area contributed by atoms with E-state index in [0.717, 1.165) is 19.6 Å². The van der Waals surface area contributed by atoms with Gasteiger partial charge in [-0.05, 0) is 23.3 Å². The Bertz CT molecular complexity index is 389. The summed E-state index contributed by atoms with van der Waals surface area (Å²) in [4.78, 5) is 2.47. The van der Waals surface area contributed by atoms with Crippen LogP contribution < -0.4 is 0 Å². The normalized spacial score (nSPS) is 32.7. The predicted molar refractivity (Wildman–Crippen MR) is 79.8 cm³/mol. The van der Waals surface area contributed by atoms with Gasteiger partial charge >= 0.3 is 0 Å². The molecule has 106 valence electrons. The highest BCUT2D eigenvalue weighted by Gasteiger charge is 2.46. The third kappa shape index (κ3) is 2.85. The molecule has 1 saturated heterocycles. The lowest BCUT2D eigenvalue weighted by molar-refractivity contribution is -0.137. The summed E-state index contributed by atoms with van der Waals surface area (Å²) >= 11 is 0. The second-order valence-electron chi connectivity index (χ2n) is 6.52. The first-order valence-electron chi connectivity index (χ1n) is 7.43. The molecule has 2 rings (SSSR count). The van der Waals surface area contributed by atoms with E-state index in [2.05, 4.69) is 62.9 Å². The van der Waals surface area contributed by atoms with Gasteiger partial charge in [0, 0.05) is 19.6 Å². The molecule has 1 aliphatic rings. The summed E-state index contributed by atoms with van der Waals surface area (Å²) in [6.45, 7) is 11.6. The van der Waals surface area contributed by atoms with Crippen LogP contribution in [0.15, 0.2) is 30.3 Å². The number of hydrogen-bond donors (Lipinski definition) is 1. The minimum atomic E-state index is -0.521. The van der Waals surface area contributed by atoms with Crippen LogP contribution in [0.1, 0.15) is 33.3 Å². The fourth-order valence-electron chi connectivity index (χ4n) is 3.74. The van der Waals surface area contributed by atoms with Crippen molar-refractivity contribution >= 4 is 0 Å². The van der Waals surface area contributed by atoms with Crippen molar-refractivity contribution in [2.45, 2.75) is 39.8 Å². The van der Waals surface area contributed by atoms with E-state index >= 15 is 0 Å². The number of aliphatic hydroxyl groups is 1. The highest BCUT2D eigenvalue weighted by atomic mass is 16.3. The van der Waals surface area contributed by atoms with Gasteiger partial charge in [-0.1, -0.05) is 58.0 Å². The monoisotopic (exact) mass is 261 g/mol. The van der Waals surface area contributed by atoms with Gasteiger partial charge in [0.1, 0.15) is 0 Å². The Morgan fingerprint density at radius 2 is 1.68 bits per heavy atom. The van der Waals surface area contributed by atoms with Crippen LogP contribution >= 0.6 is 0 Å². The van der Waals surface area contributed by atoms with Gasteiger partial charge in [-0.2, -0.15) is 0 Å². The maximum absolute atomic E-state index is 10.9. The molecule has 0 aromatic heterocycles. The van der Waals surface area contributed by atoms with Gasteiger partial charge < -0.3 is 5.11 Å². The van der Waals surface area contributed by atoms with E-state index < -0.39 is 5.60 Å². The van der Waals surface area contributed by atoms with Crippen molar-refractivity contribution < 1.29 is 5.11 Å². The Kier molecular flexibility index (Phi) is 4.32. The van der Waals surface area contributed by atoms with Crippen molar-refractivity contribution in [3.05, 3.63) is 35.9 Å². The zero-order valence-electron chi connectivity index (χ0n) is 12.6. The molecular weight excluding hydrogens is 234 g/mol. The fourth-order valence-corrected chi connectivity index (χ4v) is 3.74. The quantitative estimate of drug-likeness (QED) is 0.903. The van der Waals surface area contributed by atoms with Gasteiger partial charge in [0.15, 0.2) is 0 Å². The molecule has 1 aromatic carbocycles. The first kappa shape index (κ1) is 14.5. The predicted octanol–water partition coefficient (Wildman–Crippen LogP) is 3.16. The van der Waals surface area contributed by atoms with Crippen LogP contribution in [0.2, 0.25) is 0 Å². The van der Waals surface area contributed by atoms with Crippen molar-refractivity contribution in [2.24, 2.45) is 17.8 Å². The van der Waals surface area contributed by atoms with Crippen LogP contribution in [0.25, 0.3) is 0 Å². The Hall–Kier alpha value is -0.860. The van der Waals surface area contributed by atoms with Gasteiger partial charge in [0.05, 0.1) is 5.60 Å². The van der Waals surface area contributed by atoms with E-state index in [1.165, 1.54) is 5.56 Å². The number of piperidine rings is 1. The van der Waals surface area contributed by atoms with E-state index in [4.69, 9.17) is 0 Å². The average Bonchev–Trinajstić information content (AvgIpc) is 2.36. The average molecular weight is 261 g/mol. The molecule has 0 saturated carbocycles. The third-order valence-corrected chi connectivity index (χ3v) is 4.82. The lowest BCUT2D eigenvalue weighted by Crippen LogP contribution is -2.58. The number of nitrogens with zero attached hydrogens (tertiary/aromatic N) is 1. The fraction of sp³-hybridized carbons (Fsp3) is 0.647. The molecule has 0 radical (unpaired) electrons. The summed E-state index contributed by atoms with van der Waals surface area (Å²) in [5.41, 5.74) is 0.838. The second kappa shape index (κ2) is 5.64. The number of likely N-dealkylation sites (tertiary alicyclic amines) is 1. The Balaban J connectivity index is 2.06. The molecular formula is C17H27NO. The smallest absolute Gasteiger partial charge is 0.0745 e. The standard InChI is InChI=1S/C17H27NO/c1-13(2)17(19)14(3)10-18(11-15(17)4)12-16-8-6-5-7-9-16/h5-9,13-15,19H,10-12H2,1-4H3/t14-,15+,17+. The molecule has 1 fully saturated rings. The summed E-state index contributed by atoms with van der Waals surface area (Å²) in [7, 11) is 0. The van der Waals surface area contributed by atoms with Crippen LogP contribution in [0.3, 0.4) is 0 Å². The highest BCUT2D eigenvalue weighted by molar-refractivity contribution is 5.15. The molecule has 0 bridgehead atoms. The Morgan fingerprint density at radius 1 is 1.16 bits per heavy atom. The summed E-state index contributed by atoms with van der Waals surface area (Å²) < 4.78 is 0. The zero-order chi connectivity index (χ0) is 14.0. The van der Waals surface area contributed by atoms with Crippen molar-refractivity contribution in [3.63, 3.8) is 0 Å². The van der Waals surface area contributed by atoms with Crippen molar-refractivity contribution in [1.82, 2.24) is 4.90 Å². The topological polar surface area (TPSA) is 23.5 Å². The summed E-state index contributed by atoms with van der Waals surface area (Å²) in [5, 5.41) is 10.9. The molecule has 3 atom stereocenters. The molecule has 1 N–H and O–H groups in total. The summed E-state index contributed by atoms with van der Waals surface area (Å²) in [6, 6.07) is 10.6. The minimum Gasteiger partial charge on any atom is -0.389 e. The summed E-state index contributed by atoms with van der Waals surface area (Å²) in [5.74, 6) is 0.955. The molecule has 0 spiro atoms. The van der Waals surface area contributed by atoms with Crippen molar-refractivity contribution in [2.75, 3.05) is 13.1 Å². The number of rotatable bonds is 3. The maximum atomic E-state index is 10.9. The van der Waals surface area contributed by atoms with Crippen LogP contribution in [0.4, 0.5) is 0 Å². The first-order valence-corrected chi connectivity index (χ1v) is 7.43. The molecule has 1 aromatic rings. The Morgan fingerprint density at radius 3 is 2.16 bits per heavy atom. The van der Waals surface area contributed by atoms with E-state index in [-0.39, 0.29) is 0 Å². The van der Waals surface area contributed by atoms with Gasteiger partial charge in [-0.3, -0.25) is 4.90 Å². The van der Waals surface area contributed by atoms with E-state index in [1.807, 2.05) is 0 Å². The molecule has 0 amide bonds.